The smallest absolute Gasteiger partial charge is 0.261 e. The number of benzene rings is 2. The Kier molecular flexibility index (Phi) is 4.76. The SMILES string of the molecule is CCCCOc1ccc(S(=O)(=O)Nc2ccc3[nH]ccc3c2)cc1. The van der Waals surface area contributed by atoms with Crippen molar-refractivity contribution in [2.45, 2.75) is 24.7 Å². The Morgan fingerprint density at radius 2 is 1.88 bits per heavy atom. The van der Waals surface area contributed by atoms with Crippen LogP contribution in [-0.2, 0) is 10.0 Å². The summed E-state index contributed by atoms with van der Waals surface area (Å²) in [6.07, 6.45) is 3.85. The molecule has 2 N–H and O–H groups in total. The fourth-order valence-corrected chi connectivity index (χ4v) is 3.43. The number of nitrogens with one attached hydrogen (secondary N) is 2. The number of ether oxygens (including phenoxy) is 1. The lowest BCUT2D eigenvalue weighted by Gasteiger charge is -2.10. The van der Waals surface area contributed by atoms with Gasteiger partial charge in [0.2, 0.25) is 0 Å². The molecule has 0 amide bonds. The minimum atomic E-state index is -3.62. The number of fused-ring (bicyclic) bond motifs is 1. The first-order valence-electron chi connectivity index (χ1n) is 7.91. The Morgan fingerprint density at radius 3 is 2.62 bits per heavy atom. The molecule has 0 fully saturated rings. The van der Waals surface area contributed by atoms with E-state index in [-0.39, 0.29) is 4.90 Å². The number of H-pyrrole nitrogens is 1. The van der Waals surface area contributed by atoms with Gasteiger partial charge in [0.15, 0.2) is 0 Å². The van der Waals surface area contributed by atoms with E-state index < -0.39 is 10.0 Å². The third kappa shape index (κ3) is 3.71. The number of hydrogen-bond acceptors (Lipinski definition) is 3. The van der Waals surface area contributed by atoms with Crippen LogP contribution in [0.2, 0.25) is 0 Å². The van der Waals surface area contributed by atoms with Crippen molar-refractivity contribution in [2.75, 3.05) is 11.3 Å². The van der Waals surface area contributed by atoms with Crippen LogP contribution < -0.4 is 9.46 Å². The molecule has 126 valence electrons. The van der Waals surface area contributed by atoms with Crippen molar-refractivity contribution < 1.29 is 13.2 Å². The monoisotopic (exact) mass is 344 g/mol. The lowest BCUT2D eigenvalue weighted by atomic mass is 10.2. The summed E-state index contributed by atoms with van der Waals surface area (Å²) in [5.41, 5.74) is 1.50. The molecule has 1 aromatic heterocycles. The van der Waals surface area contributed by atoms with E-state index >= 15 is 0 Å². The van der Waals surface area contributed by atoms with Crippen LogP contribution >= 0.6 is 0 Å². The zero-order chi connectivity index (χ0) is 17.0. The maximum Gasteiger partial charge on any atom is 0.261 e. The second-order valence-corrected chi connectivity index (χ2v) is 7.24. The van der Waals surface area contributed by atoms with Crippen LogP contribution in [0.3, 0.4) is 0 Å². The summed E-state index contributed by atoms with van der Waals surface area (Å²) in [5, 5.41) is 0.954. The molecule has 0 saturated carbocycles. The minimum Gasteiger partial charge on any atom is -0.494 e. The molecule has 3 rings (SSSR count). The molecule has 0 aliphatic carbocycles. The third-order valence-electron chi connectivity index (χ3n) is 3.71. The van der Waals surface area contributed by atoms with Gasteiger partial charge in [-0.05, 0) is 55.0 Å². The fourth-order valence-electron chi connectivity index (χ4n) is 2.38. The van der Waals surface area contributed by atoms with Gasteiger partial charge in [-0.3, -0.25) is 4.72 Å². The normalized spacial score (nSPS) is 11.5. The van der Waals surface area contributed by atoms with Crippen LogP contribution in [0.1, 0.15) is 19.8 Å². The zero-order valence-electron chi connectivity index (χ0n) is 13.5. The highest BCUT2D eigenvalue weighted by Gasteiger charge is 2.14. The van der Waals surface area contributed by atoms with Gasteiger partial charge < -0.3 is 9.72 Å². The predicted molar refractivity (Wildman–Crippen MR) is 96.0 cm³/mol. The van der Waals surface area contributed by atoms with E-state index in [9.17, 15) is 8.42 Å². The van der Waals surface area contributed by atoms with Gasteiger partial charge in [-0.25, -0.2) is 8.42 Å². The number of unbranched alkanes of at least 4 members (excludes halogenated alkanes) is 1. The first-order chi connectivity index (χ1) is 11.6. The topological polar surface area (TPSA) is 71.2 Å². The van der Waals surface area contributed by atoms with Gasteiger partial charge in [0.25, 0.3) is 10.0 Å². The molecule has 5 nitrogen and oxygen atoms in total. The largest absolute Gasteiger partial charge is 0.494 e. The molecule has 0 bridgehead atoms. The molecule has 2 aromatic carbocycles. The lowest BCUT2D eigenvalue weighted by molar-refractivity contribution is 0.309. The Labute approximate surface area is 141 Å². The maximum atomic E-state index is 12.5. The Morgan fingerprint density at radius 1 is 1.08 bits per heavy atom. The highest BCUT2D eigenvalue weighted by molar-refractivity contribution is 7.92. The molecular weight excluding hydrogens is 324 g/mol. The second-order valence-electron chi connectivity index (χ2n) is 5.56. The van der Waals surface area contributed by atoms with E-state index in [1.165, 1.54) is 0 Å². The Bertz CT molecular complexity index is 915. The highest BCUT2D eigenvalue weighted by Crippen LogP contribution is 2.22. The number of hydrogen-bond donors (Lipinski definition) is 2. The Hall–Kier alpha value is -2.47. The molecule has 0 spiro atoms. The van der Waals surface area contributed by atoms with Crippen LogP contribution in [0, 0.1) is 0 Å². The molecule has 3 aromatic rings. The minimum absolute atomic E-state index is 0.208. The van der Waals surface area contributed by atoms with Crippen molar-refractivity contribution in [2.24, 2.45) is 0 Å². The van der Waals surface area contributed by atoms with Gasteiger partial charge in [0.1, 0.15) is 5.75 Å². The molecule has 0 unspecified atom stereocenters. The molecule has 0 atom stereocenters. The number of rotatable bonds is 7. The van der Waals surface area contributed by atoms with Crippen LogP contribution in [0.5, 0.6) is 5.75 Å². The second kappa shape index (κ2) is 6.97. The van der Waals surface area contributed by atoms with Gasteiger partial charge in [0, 0.05) is 22.8 Å². The number of sulfonamides is 1. The van der Waals surface area contributed by atoms with Gasteiger partial charge in [-0.15, -0.1) is 0 Å². The number of aromatic nitrogens is 1. The van der Waals surface area contributed by atoms with Crippen molar-refractivity contribution in [1.82, 2.24) is 4.98 Å². The number of aromatic amines is 1. The molecule has 0 aliphatic rings. The van der Waals surface area contributed by atoms with Crippen molar-refractivity contribution >= 4 is 26.6 Å². The molecule has 0 radical (unpaired) electrons. The van der Waals surface area contributed by atoms with E-state index in [1.54, 1.807) is 36.4 Å². The number of anilines is 1. The Balaban J connectivity index is 1.74. The van der Waals surface area contributed by atoms with Crippen molar-refractivity contribution in [3.63, 3.8) is 0 Å². The third-order valence-corrected chi connectivity index (χ3v) is 5.10. The van der Waals surface area contributed by atoms with Crippen molar-refractivity contribution in [3.8, 4) is 5.75 Å². The van der Waals surface area contributed by atoms with Gasteiger partial charge in [-0.1, -0.05) is 13.3 Å². The summed E-state index contributed by atoms with van der Waals surface area (Å²) < 4.78 is 33.1. The lowest BCUT2D eigenvalue weighted by Crippen LogP contribution is -2.12. The fraction of sp³-hybridized carbons (Fsp3) is 0.222. The summed E-state index contributed by atoms with van der Waals surface area (Å²) >= 11 is 0. The average Bonchev–Trinajstić information content (AvgIpc) is 3.03. The van der Waals surface area contributed by atoms with Crippen molar-refractivity contribution in [3.05, 3.63) is 54.7 Å². The van der Waals surface area contributed by atoms with E-state index in [0.29, 0.717) is 18.0 Å². The van der Waals surface area contributed by atoms with E-state index in [1.807, 2.05) is 18.3 Å². The van der Waals surface area contributed by atoms with Crippen LogP contribution in [0.4, 0.5) is 5.69 Å². The van der Waals surface area contributed by atoms with Crippen LogP contribution in [-0.4, -0.2) is 20.0 Å². The summed E-state index contributed by atoms with van der Waals surface area (Å²) in [4.78, 5) is 3.29. The molecular formula is C18H20N2O3S. The van der Waals surface area contributed by atoms with Crippen LogP contribution in [0.15, 0.2) is 59.6 Å². The predicted octanol–water partition coefficient (Wildman–Crippen LogP) is 4.15. The van der Waals surface area contributed by atoms with Gasteiger partial charge >= 0.3 is 0 Å². The summed E-state index contributed by atoms with van der Waals surface area (Å²) in [6, 6.07) is 13.7. The molecule has 0 saturated heterocycles. The first kappa shape index (κ1) is 16.4. The summed E-state index contributed by atoms with van der Waals surface area (Å²) in [6.45, 7) is 2.73. The molecule has 0 aliphatic heterocycles. The molecule has 1 heterocycles. The van der Waals surface area contributed by atoms with E-state index in [2.05, 4.69) is 16.6 Å². The maximum absolute atomic E-state index is 12.5. The van der Waals surface area contributed by atoms with E-state index in [0.717, 1.165) is 23.7 Å². The molecule has 24 heavy (non-hydrogen) atoms. The quantitative estimate of drug-likeness (QED) is 0.633. The van der Waals surface area contributed by atoms with Gasteiger partial charge in [0.05, 0.1) is 11.5 Å². The molecule has 6 heteroatoms. The van der Waals surface area contributed by atoms with Crippen LogP contribution in [0.25, 0.3) is 10.9 Å². The van der Waals surface area contributed by atoms with Gasteiger partial charge in [-0.2, -0.15) is 0 Å². The summed E-state index contributed by atoms with van der Waals surface area (Å²) in [7, 11) is -3.62. The van der Waals surface area contributed by atoms with Crippen molar-refractivity contribution in [1.29, 1.82) is 0 Å². The zero-order valence-corrected chi connectivity index (χ0v) is 14.3. The highest BCUT2D eigenvalue weighted by atomic mass is 32.2. The van der Waals surface area contributed by atoms with E-state index in [4.69, 9.17) is 4.74 Å². The first-order valence-corrected chi connectivity index (χ1v) is 9.39. The summed E-state index contributed by atoms with van der Waals surface area (Å²) in [5.74, 6) is 0.677. The average molecular weight is 344 g/mol. The standard InChI is InChI=1S/C18H20N2O3S/c1-2-3-12-23-16-5-7-17(8-6-16)24(21,22)20-15-4-9-18-14(13-15)10-11-19-18/h4-11,13,19-20H,2-3,12H2,1H3.